The topological polar surface area (TPSA) is 46.9 Å². The van der Waals surface area contributed by atoms with E-state index < -0.39 is 0 Å². The summed E-state index contributed by atoms with van der Waals surface area (Å²) in [5.41, 5.74) is 2.10. The van der Waals surface area contributed by atoms with Crippen molar-refractivity contribution in [3.63, 3.8) is 0 Å². The molecule has 4 nitrogen and oxygen atoms in total. The summed E-state index contributed by atoms with van der Waals surface area (Å²) in [4.78, 5) is 16.5. The summed E-state index contributed by atoms with van der Waals surface area (Å²) >= 11 is 1.48. The van der Waals surface area contributed by atoms with Crippen LogP contribution < -0.4 is 5.32 Å². The average molecular weight is 303 g/mol. The largest absolute Gasteiger partial charge is 0.326 e. The van der Waals surface area contributed by atoms with Crippen LogP contribution in [0.1, 0.15) is 26.3 Å². The van der Waals surface area contributed by atoms with Crippen molar-refractivity contribution in [1.29, 1.82) is 0 Å². The quantitative estimate of drug-likeness (QED) is 0.830. The van der Waals surface area contributed by atoms with Gasteiger partial charge in [0, 0.05) is 24.6 Å². The molecule has 0 spiro atoms. The molecule has 0 saturated heterocycles. The number of aromatic nitrogens is 2. The van der Waals surface area contributed by atoms with E-state index in [2.05, 4.69) is 24.1 Å². The zero-order valence-corrected chi connectivity index (χ0v) is 13.5. The van der Waals surface area contributed by atoms with Crippen molar-refractivity contribution < 1.29 is 4.79 Å². The van der Waals surface area contributed by atoms with Crippen molar-refractivity contribution in [2.24, 2.45) is 0 Å². The molecule has 1 aromatic carbocycles. The second-order valence-corrected chi connectivity index (χ2v) is 6.10. The summed E-state index contributed by atoms with van der Waals surface area (Å²) in [6.07, 6.45) is 4.69. The van der Waals surface area contributed by atoms with Crippen molar-refractivity contribution >= 4 is 23.4 Å². The van der Waals surface area contributed by atoms with Crippen LogP contribution in [0.3, 0.4) is 0 Å². The minimum atomic E-state index is -0.191. The van der Waals surface area contributed by atoms with E-state index in [4.69, 9.17) is 0 Å². The first-order valence-electron chi connectivity index (χ1n) is 7.21. The maximum atomic E-state index is 12.2. The van der Waals surface area contributed by atoms with Crippen LogP contribution in [-0.2, 0) is 17.8 Å². The number of carbonyl (C=O) groups excluding carboxylic acids is 1. The predicted octanol–water partition coefficient (Wildman–Crippen LogP) is 3.58. The van der Waals surface area contributed by atoms with Gasteiger partial charge in [-0.25, -0.2) is 4.98 Å². The van der Waals surface area contributed by atoms with E-state index in [9.17, 15) is 4.79 Å². The van der Waals surface area contributed by atoms with Gasteiger partial charge in [0.05, 0.1) is 5.25 Å². The average Bonchev–Trinajstić information content (AvgIpc) is 2.95. The lowest BCUT2D eigenvalue weighted by Crippen LogP contribution is -2.22. The highest BCUT2D eigenvalue weighted by Crippen LogP contribution is 2.22. The van der Waals surface area contributed by atoms with Crippen LogP contribution in [0.2, 0.25) is 0 Å². The van der Waals surface area contributed by atoms with E-state index in [1.54, 1.807) is 6.20 Å². The minimum Gasteiger partial charge on any atom is -0.326 e. The first kappa shape index (κ1) is 15.6. The maximum absolute atomic E-state index is 12.2. The van der Waals surface area contributed by atoms with Gasteiger partial charge in [-0.2, -0.15) is 0 Å². The van der Waals surface area contributed by atoms with Gasteiger partial charge in [-0.05, 0) is 38.0 Å². The highest BCUT2D eigenvalue weighted by molar-refractivity contribution is 8.00. The van der Waals surface area contributed by atoms with Crippen LogP contribution in [0, 0.1) is 0 Å². The summed E-state index contributed by atoms with van der Waals surface area (Å²) in [7, 11) is 0. The molecule has 1 N–H and O–H groups in total. The Morgan fingerprint density at radius 3 is 2.67 bits per heavy atom. The summed E-state index contributed by atoms with van der Waals surface area (Å²) in [5.74, 6) is -0.00472. The summed E-state index contributed by atoms with van der Waals surface area (Å²) in [5, 5.41) is 3.63. The number of benzene rings is 1. The van der Waals surface area contributed by atoms with E-state index in [0.29, 0.717) is 0 Å². The fraction of sp³-hybridized carbons (Fsp3) is 0.375. The highest BCUT2D eigenvalue weighted by atomic mass is 32.2. The molecule has 0 radical (unpaired) electrons. The Hall–Kier alpha value is -1.75. The van der Waals surface area contributed by atoms with Gasteiger partial charge in [-0.15, -0.1) is 0 Å². The summed E-state index contributed by atoms with van der Waals surface area (Å²) in [6.45, 7) is 6.93. The molecule has 1 atom stereocenters. The maximum Gasteiger partial charge on any atom is 0.237 e. The first-order chi connectivity index (χ1) is 10.1. The Labute approximate surface area is 130 Å². The predicted molar refractivity (Wildman–Crippen MR) is 87.7 cm³/mol. The molecular weight excluding hydrogens is 282 g/mol. The third kappa shape index (κ3) is 4.11. The zero-order chi connectivity index (χ0) is 15.2. The monoisotopic (exact) mass is 303 g/mol. The molecule has 1 aromatic heterocycles. The van der Waals surface area contributed by atoms with Crippen molar-refractivity contribution in [1.82, 2.24) is 9.55 Å². The molecule has 2 rings (SSSR count). The van der Waals surface area contributed by atoms with Crippen molar-refractivity contribution in [3.05, 3.63) is 42.2 Å². The molecule has 1 heterocycles. The molecule has 112 valence electrons. The molecule has 0 fully saturated rings. The molecule has 0 bridgehead atoms. The van der Waals surface area contributed by atoms with E-state index in [1.165, 1.54) is 17.3 Å². The fourth-order valence-electron chi connectivity index (χ4n) is 1.93. The Kier molecular flexibility index (Phi) is 5.44. The number of hydrogen-bond acceptors (Lipinski definition) is 3. The highest BCUT2D eigenvalue weighted by Gasteiger charge is 2.17. The number of aryl methyl sites for hydroxylation is 2. The second-order valence-electron chi connectivity index (χ2n) is 4.80. The Morgan fingerprint density at radius 2 is 2.05 bits per heavy atom. The number of imidazole rings is 1. The minimum absolute atomic E-state index is 0.00472. The van der Waals surface area contributed by atoms with Gasteiger partial charge in [0.1, 0.15) is 0 Å². The van der Waals surface area contributed by atoms with Gasteiger partial charge in [0.15, 0.2) is 5.16 Å². The molecule has 1 amide bonds. The van der Waals surface area contributed by atoms with Crippen LogP contribution in [0.25, 0.3) is 0 Å². The molecule has 0 aliphatic rings. The number of carbonyl (C=O) groups is 1. The smallest absolute Gasteiger partial charge is 0.237 e. The van der Waals surface area contributed by atoms with E-state index in [-0.39, 0.29) is 11.2 Å². The molecule has 5 heteroatoms. The van der Waals surface area contributed by atoms with Gasteiger partial charge in [0.25, 0.3) is 0 Å². The van der Waals surface area contributed by atoms with E-state index in [1.807, 2.05) is 42.0 Å². The number of amides is 1. The van der Waals surface area contributed by atoms with Gasteiger partial charge >= 0.3 is 0 Å². The normalized spacial score (nSPS) is 12.1. The Bertz CT molecular complexity index is 592. The second kappa shape index (κ2) is 7.31. The third-order valence-corrected chi connectivity index (χ3v) is 4.42. The molecule has 1 unspecified atom stereocenters. The fourth-order valence-corrected chi connectivity index (χ4v) is 2.86. The molecule has 0 saturated carbocycles. The number of rotatable bonds is 6. The number of hydrogen-bond donors (Lipinski definition) is 1. The van der Waals surface area contributed by atoms with Crippen LogP contribution in [0.5, 0.6) is 0 Å². The van der Waals surface area contributed by atoms with Crippen LogP contribution in [0.15, 0.2) is 41.8 Å². The van der Waals surface area contributed by atoms with E-state index >= 15 is 0 Å². The van der Waals surface area contributed by atoms with Gasteiger partial charge in [-0.1, -0.05) is 30.8 Å². The lowest BCUT2D eigenvalue weighted by molar-refractivity contribution is -0.115. The van der Waals surface area contributed by atoms with Crippen molar-refractivity contribution in [2.75, 3.05) is 5.32 Å². The van der Waals surface area contributed by atoms with Crippen LogP contribution in [0.4, 0.5) is 5.69 Å². The van der Waals surface area contributed by atoms with Gasteiger partial charge < -0.3 is 9.88 Å². The lowest BCUT2D eigenvalue weighted by atomic mass is 10.1. The lowest BCUT2D eigenvalue weighted by Gasteiger charge is -2.12. The summed E-state index contributed by atoms with van der Waals surface area (Å²) < 4.78 is 2.03. The number of anilines is 1. The molecule has 0 aliphatic heterocycles. The molecule has 2 aromatic rings. The van der Waals surface area contributed by atoms with Crippen molar-refractivity contribution in [2.45, 2.75) is 44.1 Å². The SMILES string of the molecule is CCc1ccc(NC(=O)C(C)Sc2nccn2CC)cc1. The van der Waals surface area contributed by atoms with Crippen LogP contribution in [-0.4, -0.2) is 20.7 Å². The van der Waals surface area contributed by atoms with Gasteiger partial charge in [0.2, 0.25) is 5.91 Å². The standard InChI is InChI=1S/C16H21N3OS/c1-4-13-6-8-14(9-7-13)18-15(20)12(3)21-16-17-10-11-19(16)5-2/h6-12H,4-5H2,1-3H3,(H,18,20). The Balaban J connectivity index is 1.95. The molecule has 0 aliphatic carbocycles. The molecular formula is C16H21N3OS. The zero-order valence-electron chi connectivity index (χ0n) is 12.7. The number of nitrogens with one attached hydrogen (secondary N) is 1. The van der Waals surface area contributed by atoms with Crippen molar-refractivity contribution in [3.8, 4) is 0 Å². The van der Waals surface area contributed by atoms with E-state index in [0.717, 1.165) is 23.8 Å². The van der Waals surface area contributed by atoms with Crippen LogP contribution >= 0.6 is 11.8 Å². The molecule has 21 heavy (non-hydrogen) atoms. The number of nitrogens with zero attached hydrogens (tertiary/aromatic N) is 2. The third-order valence-electron chi connectivity index (χ3n) is 3.30. The number of thioether (sulfide) groups is 1. The Morgan fingerprint density at radius 1 is 1.33 bits per heavy atom. The summed E-state index contributed by atoms with van der Waals surface area (Å²) in [6, 6.07) is 7.97. The van der Waals surface area contributed by atoms with Gasteiger partial charge in [-0.3, -0.25) is 4.79 Å². The first-order valence-corrected chi connectivity index (χ1v) is 8.09.